The van der Waals surface area contributed by atoms with Crippen molar-refractivity contribution in [3.63, 3.8) is 0 Å². The van der Waals surface area contributed by atoms with Gasteiger partial charge in [-0.1, -0.05) is 20.8 Å². The van der Waals surface area contributed by atoms with Crippen molar-refractivity contribution in [3.05, 3.63) is 17.6 Å². The molecular formula is C18H32ClN5. The molecule has 3 heterocycles. The molecule has 1 atom stereocenters. The molecule has 0 bridgehead atoms. The zero-order valence-corrected chi connectivity index (χ0v) is 16.3. The van der Waals surface area contributed by atoms with Crippen LogP contribution in [0, 0.1) is 12.3 Å². The van der Waals surface area contributed by atoms with Gasteiger partial charge in [0.25, 0.3) is 0 Å². The number of nitrogens with one attached hydrogen (secondary N) is 1. The molecule has 3 rings (SSSR count). The van der Waals surface area contributed by atoms with Crippen molar-refractivity contribution in [3.8, 4) is 0 Å². The Balaban J connectivity index is 0.00000208. The molecule has 2 aliphatic rings. The summed E-state index contributed by atoms with van der Waals surface area (Å²) in [6.45, 7) is 16.8. The summed E-state index contributed by atoms with van der Waals surface area (Å²) >= 11 is 0. The normalized spacial score (nSPS) is 25.1. The molecule has 1 N–H and O–H groups in total. The van der Waals surface area contributed by atoms with Gasteiger partial charge in [-0.15, -0.1) is 12.4 Å². The molecule has 1 unspecified atom stereocenters. The number of piperazine rings is 1. The standard InChI is InChI=1S/C18H31N5.ClH/c1-14(2)17-20-15(3)11-16(21-17)23-9-7-22(8-10-23)13-18(4)5-6-19-12-18;/h11,14,19H,5-10,12-13H2,1-4H3;1H. The van der Waals surface area contributed by atoms with Crippen LogP contribution >= 0.6 is 12.4 Å². The summed E-state index contributed by atoms with van der Waals surface area (Å²) < 4.78 is 0. The van der Waals surface area contributed by atoms with Crippen LogP contribution in [0.1, 0.15) is 44.6 Å². The summed E-state index contributed by atoms with van der Waals surface area (Å²) in [7, 11) is 0. The number of anilines is 1. The molecule has 2 saturated heterocycles. The van der Waals surface area contributed by atoms with E-state index in [0.29, 0.717) is 11.3 Å². The van der Waals surface area contributed by atoms with Crippen LogP contribution in [0.5, 0.6) is 0 Å². The molecule has 6 heteroatoms. The second kappa shape index (κ2) is 7.98. The molecule has 0 aromatic carbocycles. The predicted molar refractivity (Wildman–Crippen MR) is 102 cm³/mol. The van der Waals surface area contributed by atoms with Crippen LogP contribution in [0.2, 0.25) is 0 Å². The van der Waals surface area contributed by atoms with Gasteiger partial charge in [0.1, 0.15) is 11.6 Å². The van der Waals surface area contributed by atoms with Crippen molar-refractivity contribution >= 4 is 18.2 Å². The maximum Gasteiger partial charge on any atom is 0.133 e. The fraction of sp³-hybridized carbons (Fsp3) is 0.778. The lowest BCUT2D eigenvalue weighted by Crippen LogP contribution is -2.50. The highest BCUT2D eigenvalue weighted by atomic mass is 35.5. The van der Waals surface area contributed by atoms with Gasteiger partial charge in [-0.2, -0.15) is 0 Å². The Bertz CT molecular complexity index is 534. The number of halogens is 1. The van der Waals surface area contributed by atoms with E-state index in [1.54, 1.807) is 0 Å². The van der Waals surface area contributed by atoms with Crippen molar-refractivity contribution in [1.29, 1.82) is 0 Å². The summed E-state index contributed by atoms with van der Waals surface area (Å²) in [6, 6.07) is 2.13. The number of aryl methyl sites for hydroxylation is 1. The molecule has 1 aromatic rings. The van der Waals surface area contributed by atoms with Crippen molar-refractivity contribution in [2.45, 2.75) is 40.0 Å². The fourth-order valence-corrected chi connectivity index (χ4v) is 3.67. The minimum Gasteiger partial charge on any atom is -0.354 e. The Morgan fingerprint density at radius 1 is 1.21 bits per heavy atom. The van der Waals surface area contributed by atoms with Gasteiger partial charge in [0.05, 0.1) is 0 Å². The van der Waals surface area contributed by atoms with Crippen LogP contribution in [0.3, 0.4) is 0 Å². The van der Waals surface area contributed by atoms with E-state index in [1.165, 1.54) is 19.5 Å². The molecule has 136 valence electrons. The smallest absolute Gasteiger partial charge is 0.133 e. The molecule has 0 aliphatic carbocycles. The largest absolute Gasteiger partial charge is 0.354 e. The van der Waals surface area contributed by atoms with Gasteiger partial charge < -0.3 is 10.2 Å². The van der Waals surface area contributed by atoms with E-state index in [4.69, 9.17) is 4.98 Å². The zero-order chi connectivity index (χ0) is 16.4. The minimum absolute atomic E-state index is 0. The summed E-state index contributed by atoms with van der Waals surface area (Å²) in [4.78, 5) is 14.4. The second-order valence-electron chi connectivity index (χ2n) is 7.88. The SMILES string of the molecule is Cc1cc(N2CCN(CC3(C)CCNC3)CC2)nc(C(C)C)n1.Cl. The lowest BCUT2D eigenvalue weighted by molar-refractivity contribution is 0.169. The number of hydrogen-bond acceptors (Lipinski definition) is 5. The van der Waals surface area contributed by atoms with E-state index >= 15 is 0 Å². The van der Waals surface area contributed by atoms with E-state index < -0.39 is 0 Å². The molecule has 5 nitrogen and oxygen atoms in total. The third-order valence-electron chi connectivity index (χ3n) is 5.13. The second-order valence-corrected chi connectivity index (χ2v) is 7.88. The van der Waals surface area contributed by atoms with Crippen molar-refractivity contribution in [2.24, 2.45) is 5.41 Å². The quantitative estimate of drug-likeness (QED) is 0.900. The molecular weight excluding hydrogens is 322 g/mol. The van der Waals surface area contributed by atoms with Crippen molar-refractivity contribution in [2.75, 3.05) is 50.7 Å². The maximum atomic E-state index is 4.79. The molecule has 2 fully saturated rings. The van der Waals surface area contributed by atoms with Gasteiger partial charge in [-0.3, -0.25) is 4.90 Å². The molecule has 1 aromatic heterocycles. The molecule has 0 amide bonds. The van der Waals surface area contributed by atoms with Gasteiger partial charge in [0.2, 0.25) is 0 Å². The van der Waals surface area contributed by atoms with Gasteiger partial charge in [-0.05, 0) is 25.3 Å². The fourth-order valence-electron chi connectivity index (χ4n) is 3.67. The maximum absolute atomic E-state index is 4.79. The Morgan fingerprint density at radius 2 is 1.92 bits per heavy atom. The van der Waals surface area contributed by atoms with Gasteiger partial charge in [0, 0.05) is 56.9 Å². The van der Waals surface area contributed by atoms with Crippen LogP contribution < -0.4 is 10.2 Å². The Labute approximate surface area is 152 Å². The van der Waals surface area contributed by atoms with Crippen LogP contribution in [0.4, 0.5) is 5.82 Å². The van der Waals surface area contributed by atoms with Gasteiger partial charge in [0.15, 0.2) is 0 Å². The lowest BCUT2D eigenvalue weighted by atomic mass is 9.89. The average Bonchev–Trinajstić information content (AvgIpc) is 2.93. The van der Waals surface area contributed by atoms with E-state index in [0.717, 1.165) is 50.1 Å². The van der Waals surface area contributed by atoms with Crippen molar-refractivity contribution in [1.82, 2.24) is 20.2 Å². The number of rotatable bonds is 4. The lowest BCUT2D eigenvalue weighted by Gasteiger charge is -2.39. The van der Waals surface area contributed by atoms with E-state index in [-0.39, 0.29) is 12.4 Å². The first-order chi connectivity index (χ1) is 11.0. The highest BCUT2D eigenvalue weighted by Gasteiger charge is 2.32. The molecule has 24 heavy (non-hydrogen) atoms. The van der Waals surface area contributed by atoms with Crippen LogP contribution in [-0.4, -0.2) is 60.7 Å². The number of aromatic nitrogens is 2. The summed E-state index contributed by atoms with van der Waals surface area (Å²) in [6.07, 6.45) is 1.30. The third kappa shape index (κ3) is 4.58. The Kier molecular flexibility index (Phi) is 6.46. The van der Waals surface area contributed by atoms with Gasteiger partial charge >= 0.3 is 0 Å². The third-order valence-corrected chi connectivity index (χ3v) is 5.13. The van der Waals surface area contributed by atoms with Crippen LogP contribution in [-0.2, 0) is 0 Å². The monoisotopic (exact) mass is 353 g/mol. The number of nitrogens with zero attached hydrogens (tertiary/aromatic N) is 4. The van der Waals surface area contributed by atoms with Gasteiger partial charge in [-0.25, -0.2) is 9.97 Å². The van der Waals surface area contributed by atoms with Crippen LogP contribution in [0.25, 0.3) is 0 Å². The molecule has 2 aliphatic heterocycles. The Morgan fingerprint density at radius 3 is 2.50 bits per heavy atom. The highest BCUT2D eigenvalue weighted by Crippen LogP contribution is 2.26. The van der Waals surface area contributed by atoms with E-state index in [1.807, 2.05) is 0 Å². The Hall–Kier alpha value is -0.910. The molecule has 0 spiro atoms. The minimum atomic E-state index is 0. The summed E-state index contributed by atoms with van der Waals surface area (Å²) in [5, 5.41) is 3.51. The highest BCUT2D eigenvalue weighted by molar-refractivity contribution is 5.85. The average molecular weight is 354 g/mol. The number of hydrogen-bond donors (Lipinski definition) is 1. The molecule has 0 saturated carbocycles. The predicted octanol–water partition coefficient (Wildman–Crippen LogP) is 2.45. The van der Waals surface area contributed by atoms with E-state index in [9.17, 15) is 0 Å². The molecule has 0 radical (unpaired) electrons. The summed E-state index contributed by atoms with van der Waals surface area (Å²) in [5.41, 5.74) is 1.53. The van der Waals surface area contributed by atoms with Crippen LogP contribution in [0.15, 0.2) is 6.07 Å². The van der Waals surface area contributed by atoms with E-state index in [2.05, 4.69) is 53.9 Å². The first-order valence-electron chi connectivity index (χ1n) is 8.99. The first-order valence-corrected chi connectivity index (χ1v) is 8.99. The topological polar surface area (TPSA) is 44.3 Å². The zero-order valence-electron chi connectivity index (χ0n) is 15.5. The first kappa shape index (κ1) is 19.4. The summed E-state index contributed by atoms with van der Waals surface area (Å²) in [5.74, 6) is 2.45. The van der Waals surface area contributed by atoms with Crippen molar-refractivity contribution < 1.29 is 0 Å².